The summed E-state index contributed by atoms with van der Waals surface area (Å²) in [5, 5.41) is 0. The number of rotatable bonds is 11. The second-order valence-corrected chi connectivity index (χ2v) is 7.00. The molecule has 4 heteroatoms. The Labute approximate surface area is 158 Å². The lowest BCUT2D eigenvalue weighted by atomic mass is 9.89. The lowest BCUT2D eigenvalue weighted by molar-refractivity contribution is -0.142. The first-order valence-corrected chi connectivity index (χ1v) is 9.87. The van der Waals surface area contributed by atoms with E-state index in [1.54, 1.807) is 0 Å². The lowest BCUT2D eigenvalue weighted by Crippen LogP contribution is -2.20. The Morgan fingerprint density at radius 1 is 1.00 bits per heavy atom. The molecule has 0 saturated carbocycles. The van der Waals surface area contributed by atoms with Gasteiger partial charge in [0, 0.05) is 6.42 Å². The van der Waals surface area contributed by atoms with Gasteiger partial charge in [0.05, 0.1) is 24.4 Å². The summed E-state index contributed by atoms with van der Waals surface area (Å²) in [6.07, 6.45) is 10.6. The average Bonchev–Trinajstić information content (AvgIpc) is 2.61. The van der Waals surface area contributed by atoms with Gasteiger partial charge in [0.25, 0.3) is 0 Å². The minimum Gasteiger partial charge on any atom is -0.462 e. The summed E-state index contributed by atoms with van der Waals surface area (Å²) >= 11 is 0. The van der Waals surface area contributed by atoms with Crippen molar-refractivity contribution >= 4 is 11.9 Å². The Hall–Kier alpha value is -1.84. The summed E-state index contributed by atoms with van der Waals surface area (Å²) < 4.78 is 10.7. The predicted octanol–water partition coefficient (Wildman–Crippen LogP) is 5.44. The summed E-state index contributed by atoms with van der Waals surface area (Å²) in [4.78, 5) is 24.9. The van der Waals surface area contributed by atoms with Crippen molar-refractivity contribution in [1.29, 1.82) is 0 Å². The van der Waals surface area contributed by atoms with E-state index in [0.717, 1.165) is 38.5 Å². The number of carbonyl (C=O) groups excluding carboxylic acids is 2. The van der Waals surface area contributed by atoms with E-state index in [-0.39, 0.29) is 11.9 Å². The van der Waals surface area contributed by atoms with Crippen LogP contribution in [0.25, 0.3) is 0 Å². The molecule has 0 atom stereocenters. The molecular weight excluding hydrogens is 328 g/mol. The van der Waals surface area contributed by atoms with Crippen molar-refractivity contribution in [2.45, 2.75) is 79.1 Å². The molecule has 0 aromatic heterocycles. The second kappa shape index (κ2) is 12.5. The van der Waals surface area contributed by atoms with Gasteiger partial charge in [0.15, 0.2) is 0 Å². The zero-order chi connectivity index (χ0) is 19.4. The molecule has 1 rings (SSSR count). The maximum absolute atomic E-state index is 12.5. The molecule has 1 aliphatic rings. The SMILES string of the molecule is CCCCOC(=O)C1=C(C(=O)OCCCC)CC(CCC=C(C)C)=CC1. The third-order valence-electron chi connectivity index (χ3n) is 4.34. The van der Waals surface area contributed by atoms with Crippen molar-refractivity contribution in [2.75, 3.05) is 13.2 Å². The molecule has 0 spiro atoms. The Kier molecular flexibility index (Phi) is 10.7. The highest BCUT2D eigenvalue weighted by atomic mass is 16.5. The smallest absolute Gasteiger partial charge is 0.334 e. The lowest BCUT2D eigenvalue weighted by Gasteiger charge is -2.19. The summed E-state index contributed by atoms with van der Waals surface area (Å²) in [5.74, 6) is -0.741. The fraction of sp³-hybridized carbons (Fsp3) is 0.636. The van der Waals surface area contributed by atoms with E-state index >= 15 is 0 Å². The molecule has 0 unspecified atom stereocenters. The summed E-state index contributed by atoms with van der Waals surface area (Å²) in [7, 11) is 0. The molecule has 0 aromatic rings. The number of carbonyl (C=O) groups is 2. The highest BCUT2D eigenvalue weighted by Gasteiger charge is 2.26. The molecule has 1 aliphatic carbocycles. The van der Waals surface area contributed by atoms with Crippen LogP contribution in [-0.4, -0.2) is 25.2 Å². The monoisotopic (exact) mass is 362 g/mol. The van der Waals surface area contributed by atoms with Crippen LogP contribution < -0.4 is 0 Å². The molecule has 0 aliphatic heterocycles. The number of esters is 2. The van der Waals surface area contributed by atoms with Crippen molar-refractivity contribution in [3.8, 4) is 0 Å². The quantitative estimate of drug-likeness (QED) is 0.279. The van der Waals surface area contributed by atoms with E-state index in [2.05, 4.69) is 26.0 Å². The number of unbranched alkanes of at least 4 members (excludes halogenated alkanes) is 2. The number of ether oxygens (including phenoxy) is 2. The van der Waals surface area contributed by atoms with Gasteiger partial charge < -0.3 is 9.47 Å². The van der Waals surface area contributed by atoms with Gasteiger partial charge in [-0.25, -0.2) is 9.59 Å². The third-order valence-corrected chi connectivity index (χ3v) is 4.34. The largest absolute Gasteiger partial charge is 0.462 e. The van der Waals surface area contributed by atoms with E-state index in [1.165, 1.54) is 11.1 Å². The minimum absolute atomic E-state index is 0.367. The van der Waals surface area contributed by atoms with Crippen LogP contribution in [0.4, 0.5) is 0 Å². The molecule has 4 nitrogen and oxygen atoms in total. The topological polar surface area (TPSA) is 52.6 Å². The van der Waals surface area contributed by atoms with Gasteiger partial charge in [-0.2, -0.15) is 0 Å². The number of allylic oxidation sites excluding steroid dienone is 4. The Balaban J connectivity index is 2.82. The molecule has 0 amide bonds. The van der Waals surface area contributed by atoms with Gasteiger partial charge in [-0.15, -0.1) is 0 Å². The molecule has 146 valence electrons. The zero-order valence-corrected chi connectivity index (χ0v) is 16.9. The van der Waals surface area contributed by atoms with Crippen molar-refractivity contribution in [3.63, 3.8) is 0 Å². The van der Waals surface area contributed by atoms with Gasteiger partial charge in [0.2, 0.25) is 0 Å². The summed E-state index contributed by atoms with van der Waals surface area (Å²) in [6, 6.07) is 0. The fourth-order valence-corrected chi connectivity index (χ4v) is 2.71. The van der Waals surface area contributed by atoms with Crippen molar-refractivity contribution in [3.05, 3.63) is 34.4 Å². The Morgan fingerprint density at radius 3 is 2.12 bits per heavy atom. The molecule has 0 aromatic carbocycles. The van der Waals surface area contributed by atoms with Crippen molar-refractivity contribution in [1.82, 2.24) is 0 Å². The predicted molar refractivity (Wildman–Crippen MR) is 105 cm³/mol. The average molecular weight is 363 g/mol. The summed E-state index contributed by atoms with van der Waals surface area (Å²) in [5.41, 5.74) is 3.43. The molecule has 0 radical (unpaired) electrons. The molecule has 0 saturated heterocycles. The van der Waals surface area contributed by atoms with Crippen LogP contribution in [0.2, 0.25) is 0 Å². The maximum Gasteiger partial charge on any atom is 0.334 e. The van der Waals surface area contributed by atoms with E-state index in [9.17, 15) is 9.59 Å². The van der Waals surface area contributed by atoms with Crippen molar-refractivity contribution in [2.24, 2.45) is 0 Å². The highest BCUT2D eigenvalue weighted by molar-refractivity contribution is 6.01. The van der Waals surface area contributed by atoms with E-state index in [0.29, 0.717) is 37.2 Å². The van der Waals surface area contributed by atoms with Gasteiger partial charge in [0.1, 0.15) is 0 Å². The van der Waals surface area contributed by atoms with Gasteiger partial charge in [-0.1, -0.05) is 50.0 Å². The molecule has 26 heavy (non-hydrogen) atoms. The van der Waals surface area contributed by atoms with Crippen LogP contribution in [0.5, 0.6) is 0 Å². The standard InChI is InChI=1S/C22H34O4/c1-5-7-14-25-21(23)19-13-12-18(11-9-10-17(3)4)16-20(19)22(24)26-15-8-6-2/h10,12H,5-9,11,13-16H2,1-4H3. The maximum atomic E-state index is 12.5. The van der Waals surface area contributed by atoms with Gasteiger partial charge in [-0.3, -0.25) is 0 Å². The van der Waals surface area contributed by atoms with Crippen LogP contribution in [0.1, 0.15) is 79.1 Å². The minimum atomic E-state index is -0.375. The highest BCUT2D eigenvalue weighted by Crippen LogP contribution is 2.29. The summed E-state index contributed by atoms with van der Waals surface area (Å²) in [6.45, 7) is 9.05. The van der Waals surface area contributed by atoms with Crippen LogP contribution >= 0.6 is 0 Å². The Bertz CT molecular complexity index is 563. The molecule has 0 N–H and O–H groups in total. The molecule has 0 bridgehead atoms. The molecule has 0 fully saturated rings. The van der Waals surface area contributed by atoms with Crippen molar-refractivity contribution < 1.29 is 19.1 Å². The van der Waals surface area contributed by atoms with Crippen LogP contribution in [-0.2, 0) is 19.1 Å². The van der Waals surface area contributed by atoms with Crippen LogP contribution in [0.15, 0.2) is 34.4 Å². The Morgan fingerprint density at radius 2 is 1.58 bits per heavy atom. The first kappa shape index (κ1) is 22.2. The van der Waals surface area contributed by atoms with Gasteiger partial charge >= 0.3 is 11.9 Å². The fourth-order valence-electron chi connectivity index (χ4n) is 2.71. The van der Waals surface area contributed by atoms with Crippen LogP contribution in [0, 0.1) is 0 Å². The molecule has 0 heterocycles. The third kappa shape index (κ3) is 8.03. The van der Waals surface area contributed by atoms with E-state index in [4.69, 9.17) is 9.47 Å². The van der Waals surface area contributed by atoms with E-state index < -0.39 is 0 Å². The van der Waals surface area contributed by atoms with Gasteiger partial charge in [-0.05, 0) is 46.0 Å². The number of hydrogen-bond donors (Lipinski definition) is 0. The van der Waals surface area contributed by atoms with E-state index in [1.807, 2.05) is 13.8 Å². The second-order valence-electron chi connectivity index (χ2n) is 7.00. The normalized spacial score (nSPS) is 13.9. The molecular formula is C22H34O4. The zero-order valence-electron chi connectivity index (χ0n) is 16.9. The van der Waals surface area contributed by atoms with Crippen LogP contribution in [0.3, 0.4) is 0 Å². The number of hydrogen-bond acceptors (Lipinski definition) is 4. The first-order valence-electron chi connectivity index (χ1n) is 9.87. The first-order chi connectivity index (χ1) is 12.5.